The molecule has 1 aromatic heterocycles. The Morgan fingerprint density at radius 1 is 1.56 bits per heavy atom. The number of methoxy groups -OCH3 is 1. The molecule has 1 amide bonds. The van der Waals surface area contributed by atoms with E-state index in [1.165, 1.54) is 19.2 Å². The average Bonchev–Trinajstić information content (AvgIpc) is 2.33. The number of amides is 1. The second kappa shape index (κ2) is 6.65. The second-order valence-corrected chi connectivity index (χ2v) is 3.51. The second-order valence-electron chi connectivity index (χ2n) is 3.51. The van der Waals surface area contributed by atoms with Crippen molar-refractivity contribution in [1.29, 1.82) is 0 Å². The largest absolute Gasteiger partial charge is 0.481 e. The molecule has 1 heterocycles. The van der Waals surface area contributed by atoms with Crippen LogP contribution >= 0.6 is 0 Å². The number of carbonyl (C=O) groups is 2. The highest BCUT2D eigenvalue weighted by atomic mass is 19.1. The lowest BCUT2D eigenvalue weighted by atomic mass is 10.2. The molecule has 1 rings (SSSR count). The van der Waals surface area contributed by atoms with Crippen molar-refractivity contribution in [2.75, 3.05) is 13.7 Å². The molecular formula is C11H13FN2O4. The van der Waals surface area contributed by atoms with Crippen molar-refractivity contribution < 1.29 is 23.8 Å². The number of aliphatic carboxylic acids is 1. The normalized spacial score (nSPS) is 11.9. The Balaban J connectivity index is 2.52. The van der Waals surface area contributed by atoms with Crippen LogP contribution in [0.15, 0.2) is 18.2 Å². The SMILES string of the molecule is COC(CNC(=O)c1cccc(F)n1)CC(=O)O. The summed E-state index contributed by atoms with van der Waals surface area (Å²) < 4.78 is 17.7. The Morgan fingerprint density at radius 2 is 2.28 bits per heavy atom. The van der Waals surface area contributed by atoms with Gasteiger partial charge < -0.3 is 15.2 Å². The van der Waals surface area contributed by atoms with Gasteiger partial charge in [-0.05, 0) is 12.1 Å². The molecular weight excluding hydrogens is 243 g/mol. The van der Waals surface area contributed by atoms with Crippen LogP contribution in [-0.2, 0) is 9.53 Å². The average molecular weight is 256 g/mol. The first-order valence-corrected chi connectivity index (χ1v) is 5.18. The molecule has 1 aromatic rings. The van der Waals surface area contributed by atoms with Gasteiger partial charge in [-0.15, -0.1) is 0 Å². The topological polar surface area (TPSA) is 88.5 Å². The number of aromatic nitrogens is 1. The van der Waals surface area contributed by atoms with Crippen LogP contribution < -0.4 is 5.32 Å². The third-order valence-electron chi connectivity index (χ3n) is 2.17. The van der Waals surface area contributed by atoms with Crippen LogP contribution in [0.2, 0.25) is 0 Å². The maximum Gasteiger partial charge on any atom is 0.306 e. The molecule has 2 N–H and O–H groups in total. The van der Waals surface area contributed by atoms with Crippen LogP contribution in [0.5, 0.6) is 0 Å². The summed E-state index contributed by atoms with van der Waals surface area (Å²) in [6.45, 7) is 0.0137. The van der Waals surface area contributed by atoms with Crippen LogP contribution in [-0.4, -0.2) is 41.7 Å². The van der Waals surface area contributed by atoms with Gasteiger partial charge in [0.2, 0.25) is 5.95 Å². The Kier molecular flexibility index (Phi) is 5.19. The summed E-state index contributed by atoms with van der Waals surface area (Å²) in [7, 11) is 1.35. The lowest BCUT2D eigenvalue weighted by Crippen LogP contribution is -2.34. The molecule has 0 bridgehead atoms. The van der Waals surface area contributed by atoms with Crippen LogP contribution in [0.3, 0.4) is 0 Å². The van der Waals surface area contributed by atoms with E-state index < -0.39 is 23.9 Å². The molecule has 6 nitrogen and oxygen atoms in total. The Morgan fingerprint density at radius 3 is 2.83 bits per heavy atom. The number of hydrogen-bond acceptors (Lipinski definition) is 4. The molecule has 98 valence electrons. The summed E-state index contributed by atoms with van der Waals surface area (Å²) in [5.74, 6) is -2.36. The molecule has 0 aliphatic carbocycles. The Bertz CT molecular complexity index is 439. The predicted octanol–water partition coefficient (Wildman–Crippen LogP) is 0.440. The fraction of sp³-hybridized carbons (Fsp3) is 0.364. The van der Waals surface area contributed by atoms with Gasteiger partial charge in [0.1, 0.15) is 5.69 Å². The fourth-order valence-electron chi connectivity index (χ4n) is 1.27. The molecule has 0 aliphatic rings. The van der Waals surface area contributed by atoms with E-state index in [4.69, 9.17) is 9.84 Å². The van der Waals surface area contributed by atoms with Crippen molar-refractivity contribution in [2.45, 2.75) is 12.5 Å². The zero-order valence-electron chi connectivity index (χ0n) is 9.72. The molecule has 0 spiro atoms. The van der Waals surface area contributed by atoms with E-state index in [2.05, 4.69) is 10.3 Å². The number of carboxylic acid groups (broad SMARTS) is 1. The number of halogens is 1. The van der Waals surface area contributed by atoms with E-state index in [9.17, 15) is 14.0 Å². The lowest BCUT2D eigenvalue weighted by Gasteiger charge is -2.13. The number of nitrogens with one attached hydrogen (secondary N) is 1. The number of ether oxygens (including phenoxy) is 1. The Labute approximate surface area is 103 Å². The van der Waals surface area contributed by atoms with E-state index in [-0.39, 0.29) is 18.7 Å². The van der Waals surface area contributed by atoms with Crippen LogP contribution in [0.4, 0.5) is 4.39 Å². The number of carbonyl (C=O) groups excluding carboxylic acids is 1. The van der Waals surface area contributed by atoms with Crippen molar-refractivity contribution in [1.82, 2.24) is 10.3 Å². The van der Waals surface area contributed by atoms with Gasteiger partial charge in [-0.2, -0.15) is 4.39 Å². The van der Waals surface area contributed by atoms with E-state index in [0.29, 0.717) is 0 Å². The quantitative estimate of drug-likeness (QED) is 0.721. The van der Waals surface area contributed by atoms with Crippen molar-refractivity contribution in [2.24, 2.45) is 0 Å². The van der Waals surface area contributed by atoms with Crippen molar-refractivity contribution in [3.05, 3.63) is 29.8 Å². The van der Waals surface area contributed by atoms with Gasteiger partial charge in [0.05, 0.1) is 12.5 Å². The molecule has 1 atom stereocenters. The van der Waals surface area contributed by atoms with Crippen molar-refractivity contribution in [3.63, 3.8) is 0 Å². The minimum absolute atomic E-state index is 0.0137. The van der Waals surface area contributed by atoms with Gasteiger partial charge in [-0.25, -0.2) is 4.98 Å². The van der Waals surface area contributed by atoms with Gasteiger partial charge >= 0.3 is 5.97 Å². The highest BCUT2D eigenvalue weighted by molar-refractivity contribution is 5.92. The number of hydrogen-bond donors (Lipinski definition) is 2. The summed E-state index contributed by atoms with van der Waals surface area (Å²) in [5.41, 5.74) is -0.0693. The molecule has 0 saturated heterocycles. The van der Waals surface area contributed by atoms with E-state index in [0.717, 1.165) is 6.07 Å². The zero-order chi connectivity index (χ0) is 13.5. The van der Waals surface area contributed by atoms with Gasteiger partial charge in [0, 0.05) is 13.7 Å². The summed E-state index contributed by atoms with van der Waals surface area (Å²) >= 11 is 0. The standard InChI is InChI=1S/C11H13FN2O4/c1-18-7(5-10(15)16)6-13-11(17)8-3-2-4-9(12)14-8/h2-4,7H,5-6H2,1H3,(H,13,17)(H,15,16). The molecule has 0 radical (unpaired) electrons. The minimum atomic E-state index is -1.03. The molecule has 0 aromatic carbocycles. The summed E-state index contributed by atoms with van der Waals surface area (Å²) in [6, 6.07) is 3.85. The zero-order valence-corrected chi connectivity index (χ0v) is 9.72. The van der Waals surface area contributed by atoms with Crippen LogP contribution in [0, 0.1) is 5.95 Å². The molecule has 7 heteroatoms. The molecule has 1 unspecified atom stereocenters. The Hall–Kier alpha value is -2.02. The molecule has 0 aliphatic heterocycles. The predicted molar refractivity (Wildman–Crippen MR) is 59.6 cm³/mol. The summed E-state index contributed by atoms with van der Waals surface area (Å²) in [6.07, 6.45) is -0.868. The van der Waals surface area contributed by atoms with Gasteiger partial charge in [0.25, 0.3) is 5.91 Å². The molecule has 0 fully saturated rings. The number of rotatable bonds is 6. The van der Waals surface area contributed by atoms with E-state index >= 15 is 0 Å². The number of nitrogens with zero attached hydrogens (tertiary/aromatic N) is 1. The third kappa shape index (κ3) is 4.46. The van der Waals surface area contributed by atoms with Gasteiger partial charge in [0.15, 0.2) is 0 Å². The van der Waals surface area contributed by atoms with Crippen LogP contribution in [0.25, 0.3) is 0 Å². The third-order valence-corrected chi connectivity index (χ3v) is 2.17. The maximum absolute atomic E-state index is 12.8. The van der Waals surface area contributed by atoms with E-state index in [1.807, 2.05) is 0 Å². The van der Waals surface area contributed by atoms with Crippen LogP contribution in [0.1, 0.15) is 16.9 Å². The number of carboxylic acids is 1. The smallest absolute Gasteiger partial charge is 0.306 e. The van der Waals surface area contributed by atoms with Crippen molar-refractivity contribution in [3.8, 4) is 0 Å². The van der Waals surface area contributed by atoms with Gasteiger partial charge in [-0.3, -0.25) is 9.59 Å². The maximum atomic E-state index is 12.8. The fourth-order valence-corrected chi connectivity index (χ4v) is 1.27. The first-order valence-electron chi connectivity index (χ1n) is 5.18. The highest BCUT2D eigenvalue weighted by Crippen LogP contribution is 1.99. The van der Waals surface area contributed by atoms with E-state index in [1.54, 1.807) is 0 Å². The first kappa shape index (κ1) is 14.0. The van der Waals surface area contributed by atoms with Crippen molar-refractivity contribution >= 4 is 11.9 Å². The number of pyridine rings is 1. The monoisotopic (exact) mass is 256 g/mol. The minimum Gasteiger partial charge on any atom is -0.481 e. The molecule has 0 saturated carbocycles. The first-order chi connectivity index (χ1) is 8.52. The summed E-state index contributed by atoms with van der Waals surface area (Å²) in [4.78, 5) is 25.4. The highest BCUT2D eigenvalue weighted by Gasteiger charge is 2.15. The lowest BCUT2D eigenvalue weighted by molar-refractivity contribution is -0.139. The molecule has 18 heavy (non-hydrogen) atoms. The van der Waals surface area contributed by atoms with Gasteiger partial charge in [-0.1, -0.05) is 6.07 Å². The summed E-state index contributed by atoms with van der Waals surface area (Å²) in [5, 5.41) is 11.0.